The van der Waals surface area contributed by atoms with Crippen LogP contribution in [-0.2, 0) is 4.79 Å². The number of aliphatic imine (C=N–C) groups is 1. The maximum atomic E-state index is 12.3. The molecule has 1 aliphatic rings. The van der Waals surface area contributed by atoms with Crippen LogP contribution in [0.15, 0.2) is 50.8 Å². The number of nitrogens with one attached hydrogen (secondary N) is 1. The van der Waals surface area contributed by atoms with Crippen LogP contribution in [0.2, 0.25) is 0 Å². The van der Waals surface area contributed by atoms with Crippen molar-refractivity contribution in [1.29, 1.82) is 0 Å². The van der Waals surface area contributed by atoms with Crippen molar-refractivity contribution in [3.63, 3.8) is 0 Å². The van der Waals surface area contributed by atoms with Crippen LogP contribution < -0.4 is 19.5 Å². The highest BCUT2D eigenvalue weighted by atomic mass is 79.9. The Hall–Kier alpha value is -2.45. The summed E-state index contributed by atoms with van der Waals surface area (Å²) in [6.07, 6.45) is 1.77. The van der Waals surface area contributed by atoms with Crippen molar-refractivity contribution in [3.8, 4) is 17.2 Å². The van der Waals surface area contributed by atoms with E-state index in [0.717, 1.165) is 21.5 Å². The maximum absolute atomic E-state index is 12.3. The molecule has 3 rings (SSSR count). The quantitative estimate of drug-likeness (QED) is 0.626. The van der Waals surface area contributed by atoms with E-state index in [4.69, 9.17) is 14.2 Å². The molecule has 0 saturated carbocycles. The molecule has 28 heavy (non-hydrogen) atoms. The van der Waals surface area contributed by atoms with Gasteiger partial charge in [-0.15, -0.1) is 0 Å². The fraction of sp³-hybridized carbons (Fsp3) is 0.200. The first-order valence-electron chi connectivity index (χ1n) is 8.48. The minimum atomic E-state index is -0.205. The zero-order chi connectivity index (χ0) is 20.1. The van der Waals surface area contributed by atoms with Gasteiger partial charge in [0.05, 0.1) is 35.9 Å². The summed E-state index contributed by atoms with van der Waals surface area (Å²) in [6.45, 7) is 2.54. The molecule has 0 bridgehead atoms. The lowest BCUT2D eigenvalue weighted by Gasteiger charge is -2.10. The van der Waals surface area contributed by atoms with Gasteiger partial charge in [-0.25, -0.2) is 4.99 Å². The first-order valence-corrected chi connectivity index (χ1v) is 10.1. The zero-order valence-electron chi connectivity index (χ0n) is 15.6. The smallest absolute Gasteiger partial charge is 0.264 e. The van der Waals surface area contributed by atoms with Crippen molar-refractivity contribution in [1.82, 2.24) is 5.32 Å². The molecule has 1 fully saturated rings. The monoisotopic (exact) mass is 462 g/mol. The fourth-order valence-corrected chi connectivity index (χ4v) is 3.87. The minimum Gasteiger partial charge on any atom is -0.496 e. The van der Waals surface area contributed by atoms with E-state index in [1.807, 2.05) is 37.3 Å². The molecule has 2 aromatic rings. The highest BCUT2D eigenvalue weighted by molar-refractivity contribution is 9.10. The molecule has 0 aliphatic carbocycles. The molecular weight excluding hydrogens is 444 g/mol. The van der Waals surface area contributed by atoms with Gasteiger partial charge >= 0.3 is 0 Å². The largest absolute Gasteiger partial charge is 0.496 e. The summed E-state index contributed by atoms with van der Waals surface area (Å²) in [7, 11) is 3.16. The molecule has 1 amide bonds. The predicted molar refractivity (Wildman–Crippen MR) is 116 cm³/mol. The molecule has 0 atom stereocenters. The van der Waals surface area contributed by atoms with Crippen LogP contribution in [0.25, 0.3) is 6.08 Å². The Balaban J connectivity index is 1.83. The molecule has 1 aliphatic heterocycles. The van der Waals surface area contributed by atoms with Crippen LogP contribution in [0.3, 0.4) is 0 Å². The van der Waals surface area contributed by atoms with E-state index in [1.54, 1.807) is 26.4 Å². The molecule has 1 saturated heterocycles. The Morgan fingerprint density at radius 2 is 1.86 bits per heavy atom. The Bertz CT molecular complexity index is 942. The number of hydrogen-bond acceptors (Lipinski definition) is 6. The summed E-state index contributed by atoms with van der Waals surface area (Å²) in [6, 6.07) is 11.0. The molecule has 1 heterocycles. The van der Waals surface area contributed by atoms with Crippen LogP contribution in [0.4, 0.5) is 5.69 Å². The summed E-state index contributed by atoms with van der Waals surface area (Å²) in [5.41, 5.74) is 1.49. The third-order valence-corrected chi connectivity index (χ3v) is 5.35. The number of amides is 1. The molecule has 0 aromatic heterocycles. The lowest BCUT2D eigenvalue weighted by Crippen LogP contribution is -2.19. The van der Waals surface area contributed by atoms with Gasteiger partial charge in [-0.3, -0.25) is 4.79 Å². The number of ether oxygens (including phenoxy) is 3. The average Bonchev–Trinajstić information content (AvgIpc) is 3.02. The van der Waals surface area contributed by atoms with E-state index in [2.05, 4.69) is 26.2 Å². The number of hydrogen-bond donors (Lipinski definition) is 1. The number of benzene rings is 2. The number of rotatable bonds is 6. The van der Waals surface area contributed by atoms with Crippen molar-refractivity contribution in [2.24, 2.45) is 4.99 Å². The zero-order valence-corrected chi connectivity index (χ0v) is 18.0. The van der Waals surface area contributed by atoms with Gasteiger partial charge in [0.2, 0.25) is 0 Å². The van der Waals surface area contributed by atoms with Crippen molar-refractivity contribution < 1.29 is 19.0 Å². The lowest BCUT2D eigenvalue weighted by atomic mass is 10.1. The van der Waals surface area contributed by atoms with Crippen LogP contribution in [0.5, 0.6) is 17.2 Å². The number of carbonyl (C=O) groups excluding carboxylic acids is 1. The van der Waals surface area contributed by atoms with Gasteiger partial charge < -0.3 is 19.5 Å². The molecule has 8 heteroatoms. The van der Waals surface area contributed by atoms with E-state index in [0.29, 0.717) is 28.2 Å². The molecule has 0 unspecified atom stereocenters. The van der Waals surface area contributed by atoms with Crippen LogP contribution in [-0.4, -0.2) is 31.9 Å². The van der Waals surface area contributed by atoms with E-state index in [1.165, 1.54) is 11.8 Å². The Labute approximate surface area is 176 Å². The molecular formula is C20H19BrN2O4S. The number of amidine groups is 1. The first-order chi connectivity index (χ1) is 13.5. The fourth-order valence-electron chi connectivity index (χ4n) is 2.52. The number of methoxy groups -OCH3 is 2. The summed E-state index contributed by atoms with van der Waals surface area (Å²) in [5.74, 6) is 1.84. The van der Waals surface area contributed by atoms with Gasteiger partial charge in [0.25, 0.3) is 5.91 Å². The normalized spacial score (nSPS) is 16.4. The molecule has 0 radical (unpaired) electrons. The van der Waals surface area contributed by atoms with Crippen molar-refractivity contribution in [2.45, 2.75) is 6.92 Å². The minimum absolute atomic E-state index is 0.205. The van der Waals surface area contributed by atoms with Gasteiger partial charge in [-0.1, -0.05) is 0 Å². The first kappa shape index (κ1) is 20.3. The average molecular weight is 463 g/mol. The van der Waals surface area contributed by atoms with Gasteiger partial charge in [0.1, 0.15) is 17.2 Å². The Morgan fingerprint density at radius 1 is 1.14 bits per heavy atom. The third kappa shape index (κ3) is 4.69. The van der Waals surface area contributed by atoms with Gasteiger partial charge in [0, 0.05) is 11.6 Å². The molecule has 0 spiro atoms. The van der Waals surface area contributed by atoms with Crippen LogP contribution in [0, 0.1) is 0 Å². The second-order valence-electron chi connectivity index (χ2n) is 5.64. The summed E-state index contributed by atoms with van der Waals surface area (Å²) < 4.78 is 16.9. The Kier molecular flexibility index (Phi) is 6.64. The molecule has 1 N–H and O–H groups in total. The van der Waals surface area contributed by atoms with Gasteiger partial charge in [-0.2, -0.15) is 0 Å². The SMILES string of the molecule is CCOc1ccc(N=C2NC(=O)C(=Cc3cc(Br)c(OC)cc3OC)S2)cc1. The summed E-state index contributed by atoms with van der Waals surface area (Å²) >= 11 is 4.73. The number of thioether (sulfide) groups is 1. The van der Waals surface area contributed by atoms with E-state index in [9.17, 15) is 4.79 Å². The second kappa shape index (κ2) is 9.16. The second-order valence-corrected chi connectivity index (χ2v) is 7.52. The standard InChI is InChI=1S/C20H19BrN2O4S/c1-4-27-14-7-5-13(6-8-14)22-20-23-19(24)18(28-20)10-12-9-15(21)17(26-3)11-16(12)25-2/h5-11H,4H2,1-3H3,(H,22,23,24). The summed E-state index contributed by atoms with van der Waals surface area (Å²) in [4.78, 5) is 17.4. The van der Waals surface area contributed by atoms with E-state index in [-0.39, 0.29) is 5.91 Å². The number of halogens is 1. The van der Waals surface area contributed by atoms with Crippen LogP contribution in [0.1, 0.15) is 12.5 Å². The summed E-state index contributed by atoms with van der Waals surface area (Å²) in [5, 5.41) is 3.30. The number of nitrogens with zero attached hydrogens (tertiary/aromatic N) is 1. The highest BCUT2D eigenvalue weighted by Crippen LogP contribution is 2.36. The van der Waals surface area contributed by atoms with Crippen molar-refractivity contribution >= 4 is 50.5 Å². The van der Waals surface area contributed by atoms with Crippen molar-refractivity contribution in [2.75, 3.05) is 20.8 Å². The van der Waals surface area contributed by atoms with Crippen molar-refractivity contribution in [3.05, 3.63) is 51.3 Å². The third-order valence-electron chi connectivity index (χ3n) is 3.82. The van der Waals surface area contributed by atoms with Gasteiger partial charge in [0.15, 0.2) is 5.17 Å². The number of carbonyl (C=O) groups is 1. The van der Waals surface area contributed by atoms with E-state index < -0.39 is 0 Å². The Morgan fingerprint density at radius 3 is 2.50 bits per heavy atom. The topological polar surface area (TPSA) is 69.2 Å². The molecule has 6 nitrogen and oxygen atoms in total. The highest BCUT2D eigenvalue weighted by Gasteiger charge is 2.24. The van der Waals surface area contributed by atoms with Gasteiger partial charge in [-0.05, 0) is 71.0 Å². The maximum Gasteiger partial charge on any atom is 0.264 e. The predicted octanol–water partition coefficient (Wildman–Crippen LogP) is 4.76. The molecule has 146 valence electrons. The molecule has 2 aromatic carbocycles. The van der Waals surface area contributed by atoms with E-state index >= 15 is 0 Å². The van der Waals surface area contributed by atoms with Crippen LogP contribution >= 0.6 is 27.7 Å². The lowest BCUT2D eigenvalue weighted by molar-refractivity contribution is -0.115.